The van der Waals surface area contributed by atoms with E-state index in [9.17, 15) is 9.59 Å². The number of nitrogens with zero attached hydrogens (tertiary/aromatic N) is 2. The van der Waals surface area contributed by atoms with Gasteiger partial charge in [-0.15, -0.1) is 0 Å². The van der Waals surface area contributed by atoms with E-state index < -0.39 is 12.0 Å². The molecule has 0 saturated heterocycles. The van der Waals surface area contributed by atoms with Gasteiger partial charge in [0, 0.05) is 5.69 Å². The molecule has 3 rings (SSSR count). The first kappa shape index (κ1) is 21.1. The Morgan fingerprint density at radius 1 is 1.10 bits per heavy atom. The molecule has 9 heteroatoms. The van der Waals surface area contributed by atoms with E-state index in [1.807, 2.05) is 0 Å². The van der Waals surface area contributed by atoms with Crippen molar-refractivity contribution in [3.63, 3.8) is 0 Å². The minimum atomic E-state index is -0.659. The summed E-state index contributed by atoms with van der Waals surface area (Å²) in [7, 11) is 4.34. The summed E-state index contributed by atoms with van der Waals surface area (Å²) >= 11 is 0. The first-order valence-corrected chi connectivity index (χ1v) is 9.21. The molecule has 0 radical (unpaired) electrons. The highest BCUT2D eigenvalue weighted by Gasteiger charge is 2.24. The molecule has 1 amide bonds. The Morgan fingerprint density at radius 2 is 1.83 bits per heavy atom. The third-order valence-corrected chi connectivity index (χ3v) is 4.70. The number of hydrogen-bond acceptors (Lipinski definition) is 8. The number of nitrogens with one attached hydrogen (secondary N) is 1. The van der Waals surface area contributed by atoms with E-state index in [0.29, 0.717) is 39.4 Å². The maximum absolute atomic E-state index is 13.2. The van der Waals surface area contributed by atoms with Gasteiger partial charge in [0.1, 0.15) is 0 Å². The van der Waals surface area contributed by atoms with Crippen LogP contribution in [0.25, 0.3) is 11.1 Å². The molecule has 0 aliphatic rings. The van der Waals surface area contributed by atoms with Crippen molar-refractivity contribution in [1.29, 1.82) is 0 Å². The Labute approximate surface area is 173 Å². The highest BCUT2D eigenvalue weighted by atomic mass is 16.5. The molecular weight excluding hydrogens is 390 g/mol. The van der Waals surface area contributed by atoms with Gasteiger partial charge in [-0.1, -0.05) is 11.2 Å². The molecular formula is C21H23N3O6. The fourth-order valence-electron chi connectivity index (χ4n) is 3.20. The molecule has 2 aromatic heterocycles. The zero-order valence-corrected chi connectivity index (χ0v) is 17.4. The number of aromatic nitrogens is 2. The topological polar surface area (TPSA) is 113 Å². The first-order chi connectivity index (χ1) is 14.4. The summed E-state index contributed by atoms with van der Waals surface area (Å²) in [5, 5.41) is 7.34. The molecule has 0 aliphatic heterocycles. The predicted octanol–water partition coefficient (Wildman–Crippen LogP) is 2.89. The molecule has 3 aromatic rings. The Balaban J connectivity index is 1.99. The van der Waals surface area contributed by atoms with Crippen molar-refractivity contribution < 1.29 is 28.3 Å². The molecule has 30 heavy (non-hydrogen) atoms. The number of hydrogen-bond donors (Lipinski definition) is 1. The number of rotatable bonds is 7. The summed E-state index contributed by atoms with van der Waals surface area (Å²) < 4.78 is 20.6. The summed E-state index contributed by atoms with van der Waals surface area (Å²) in [5.41, 5.74) is 2.48. The first-order valence-electron chi connectivity index (χ1n) is 9.21. The Bertz CT molecular complexity index is 1090. The number of ether oxygens (including phenoxy) is 3. The van der Waals surface area contributed by atoms with Gasteiger partial charge < -0.3 is 24.1 Å². The van der Waals surface area contributed by atoms with E-state index in [2.05, 4.69) is 15.5 Å². The second-order valence-electron chi connectivity index (χ2n) is 6.68. The minimum absolute atomic E-state index is 0.0620. The SMILES string of the molecule is COC(=O)C[C@@H](NC(=O)c1cc(C)nc2onc(C)c12)c1ccc(OC)c(OC)c1. The Morgan fingerprint density at radius 3 is 2.50 bits per heavy atom. The van der Waals surface area contributed by atoms with E-state index >= 15 is 0 Å². The van der Waals surface area contributed by atoms with Crippen LogP contribution in [0, 0.1) is 13.8 Å². The van der Waals surface area contributed by atoms with Gasteiger partial charge in [0.15, 0.2) is 11.5 Å². The van der Waals surface area contributed by atoms with E-state index in [1.54, 1.807) is 38.1 Å². The van der Waals surface area contributed by atoms with Gasteiger partial charge in [-0.2, -0.15) is 0 Å². The zero-order chi connectivity index (χ0) is 21.8. The predicted molar refractivity (Wildman–Crippen MR) is 108 cm³/mol. The second-order valence-corrected chi connectivity index (χ2v) is 6.68. The lowest BCUT2D eigenvalue weighted by atomic mass is 10.0. The molecule has 0 fully saturated rings. The standard InChI is InChI=1S/C21H23N3O6/c1-11-8-14(19-12(2)24-30-21(19)22-11)20(26)23-15(10-18(25)29-5)13-6-7-16(27-3)17(9-13)28-4/h6-9,15H,10H2,1-5H3,(H,23,26)/t15-/m1/s1. The number of carbonyl (C=O) groups is 2. The van der Waals surface area contributed by atoms with Crippen LogP contribution >= 0.6 is 0 Å². The highest BCUT2D eigenvalue weighted by Crippen LogP contribution is 2.31. The lowest BCUT2D eigenvalue weighted by Gasteiger charge is -2.20. The molecule has 158 valence electrons. The molecule has 0 bridgehead atoms. The van der Waals surface area contributed by atoms with Crippen LogP contribution in [0.4, 0.5) is 0 Å². The van der Waals surface area contributed by atoms with Crippen molar-refractivity contribution >= 4 is 23.0 Å². The largest absolute Gasteiger partial charge is 0.493 e. The number of pyridine rings is 1. The third-order valence-electron chi connectivity index (χ3n) is 4.70. The number of esters is 1. The van der Waals surface area contributed by atoms with E-state index in [-0.39, 0.29) is 18.0 Å². The summed E-state index contributed by atoms with van der Waals surface area (Å²) in [6.07, 6.45) is -0.0620. The molecule has 0 spiro atoms. The van der Waals surface area contributed by atoms with Gasteiger partial charge in [0.05, 0.1) is 50.4 Å². The Kier molecular flexibility index (Phi) is 6.20. The summed E-state index contributed by atoms with van der Waals surface area (Å²) in [4.78, 5) is 29.4. The molecule has 1 N–H and O–H groups in total. The number of fused-ring (bicyclic) bond motifs is 1. The van der Waals surface area contributed by atoms with Crippen LogP contribution in [0.3, 0.4) is 0 Å². The number of carbonyl (C=O) groups excluding carboxylic acids is 2. The minimum Gasteiger partial charge on any atom is -0.493 e. The van der Waals surface area contributed by atoms with Gasteiger partial charge in [-0.05, 0) is 37.6 Å². The second kappa shape index (κ2) is 8.81. The van der Waals surface area contributed by atoms with Crippen LogP contribution in [-0.2, 0) is 9.53 Å². The van der Waals surface area contributed by atoms with Crippen LogP contribution < -0.4 is 14.8 Å². The molecule has 1 aromatic carbocycles. The van der Waals surface area contributed by atoms with Gasteiger partial charge in [-0.3, -0.25) is 9.59 Å². The van der Waals surface area contributed by atoms with Crippen LogP contribution in [0.15, 0.2) is 28.8 Å². The Hall–Kier alpha value is -3.62. The number of benzene rings is 1. The summed E-state index contributed by atoms with van der Waals surface area (Å²) in [6, 6.07) is 6.18. The molecule has 9 nitrogen and oxygen atoms in total. The average Bonchev–Trinajstić information content (AvgIpc) is 3.12. The number of aryl methyl sites for hydroxylation is 2. The normalized spacial score (nSPS) is 11.8. The highest BCUT2D eigenvalue weighted by molar-refractivity contribution is 6.06. The smallest absolute Gasteiger partial charge is 0.307 e. The average molecular weight is 413 g/mol. The lowest BCUT2D eigenvalue weighted by molar-refractivity contribution is -0.141. The third kappa shape index (κ3) is 4.19. The van der Waals surface area contributed by atoms with Gasteiger partial charge in [-0.25, -0.2) is 4.98 Å². The van der Waals surface area contributed by atoms with Gasteiger partial charge in [0.2, 0.25) is 0 Å². The van der Waals surface area contributed by atoms with E-state index in [0.717, 1.165) is 0 Å². The molecule has 0 saturated carbocycles. The van der Waals surface area contributed by atoms with Crippen LogP contribution in [-0.4, -0.2) is 43.3 Å². The fraction of sp³-hybridized carbons (Fsp3) is 0.333. The maximum atomic E-state index is 13.2. The van der Waals surface area contributed by atoms with Crippen molar-refractivity contribution in [3.05, 3.63) is 46.8 Å². The van der Waals surface area contributed by atoms with Gasteiger partial charge in [0.25, 0.3) is 11.6 Å². The monoisotopic (exact) mass is 413 g/mol. The number of amides is 1. The van der Waals surface area contributed by atoms with E-state index in [1.165, 1.54) is 21.3 Å². The van der Waals surface area contributed by atoms with E-state index in [4.69, 9.17) is 18.7 Å². The molecule has 0 unspecified atom stereocenters. The maximum Gasteiger partial charge on any atom is 0.307 e. The van der Waals surface area contributed by atoms with Crippen LogP contribution in [0.2, 0.25) is 0 Å². The molecule has 0 aliphatic carbocycles. The van der Waals surface area contributed by atoms with Crippen molar-refractivity contribution in [3.8, 4) is 11.5 Å². The number of methoxy groups -OCH3 is 3. The van der Waals surface area contributed by atoms with Gasteiger partial charge >= 0.3 is 5.97 Å². The van der Waals surface area contributed by atoms with Crippen molar-refractivity contribution in [2.75, 3.05) is 21.3 Å². The van der Waals surface area contributed by atoms with Crippen molar-refractivity contribution in [1.82, 2.24) is 15.5 Å². The zero-order valence-electron chi connectivity index (χ0n) is 17.4. The quantitative estimate of drug-likeness (QED) is 0.588. The van der Waals surface area contributed by atoms with Crippen molar-refractivity contribution in [2.45, 2.75) is 26.3 Å². The summed E-state index contributed by atoms with van der Waals surface area (Å²) in [5.74, 6) is 0.167. The fourth-order valence-corrected chi connectivity index (χ4v) is 3.20. The van der Waals surface area contributed by atoms with Crippen molar-refractivity contribution in [2.24, 2.45) is 0 Å². The van der Waals surface area contributed by atoms with Crippen LogP contribution in [0.1, 0.15) is 39.8 Å². The summed E-state index contributed by atoms with van der Waals surface area (Å²) in [6.45, 7) is 3.49. The lowest BCUT2D eigenvalue weighted by Crippen LogP contribution is -2.31. The molecule has 1 atom stereocenters. The molecule has 2 heterocycles. The van der Waals surface area contributed by atoms with Crippen LogP contribution in [0.5, 0.6) is 11.5 Å².